The van der Waals surface area contributed by atoms with E-state index in [2.05, 4.69) is 9.98 Å². The molecule has 0 aliphatic rings. The van der Waals surface area contributed by atoms with Gasteiger partial charge >= 0.3 is 0 Å². The first kappa shape index (κ1) is 20.8. The van der Waals surface area contributed by atoms with Crippen LogP contribution in [0, 0.1) is 0 Å². The molecule has 4 aromatic carbocycles. The topological polar surface area (TPSA) is 82.2 Å². The van der Waals surface area contributed by atoms with E-state index in [-0.39, 0.29) is 17.3 Å². The van der Waals surface area contributed by atoms with E-state index in [1.807, 2.05) is 18.2 Å². The van der Waals surface area contributed by atoms with E-state index in [1.165, 1.54) is 6.21 Å². The van der Waals surface area contributed by atoms with Crippen LogP contribution in [0.4, 0.5) is 11.4 Å². The summed E-state index contributed by atoms with van der Waals surface area (Å²) in [4.78, 5) is 21.9. The second-order valence-corrected chi connectivity index (χ2v) is 7.03. The monoisotopic (exact) mass is 420 g/mol. The molecule has 156 valence electrons. The Hall–Kier alpha value is -4.51. The van der Waals surface area contributed by atoms with Crippen molar-refractivity contribution in [1.29, 1.82) is 0 Å². The number of ketones is 1. The van der Waals surface area contributed by atoms with E-state index in [0.29, 0.717) is 33.6 Å². The van der Waals surface area contributed by atoms with Gasteiger partial charge in [0.05, 0.1) is 11.4 Å². The summed E-state index contributed by atoms with van der Waals surface area (Å²) in [6, 6.07) is 27.8. The fraction of sp³-hybridized carbons (Fsp3) is 0. The van der Waals surface area contributed by atoms with Gasteiger partial charge in [-0.2, -0.15) is 0 Å². The van der Waals surface area contributed by atoms with E-state index < -0.39 is 0 Å². The molecule has 0 fully saturated rings. The minimum absolute atomic E-state index is 0.104. The average molecular weight is 420 g/mol. The van der Waals surface area contributed by atoms with Crippen LogP contribution in [0.1, 0.15) is 27.0 Å². The number of phenols is 2. The Balaban J connectivity index is 1.74. The molecule has 0 heterocycles. The lowest BCUT2D eigenvalue weighted by Gasteiger charge is -2.06. The van der Waals surface area contributed by atoms with Crippen molar-refractivity contribution >= 4 is 29.6 Å². The Bertz CT molecular complexity index is 1310. The van der Waals surface area contributed by atoms with E-state index in [1.54, 1.807) is 85.1 Å². The fourth-order valence-corrected chi connectivity index (χ4v) is 3.11. The highest BCUT2D eigenvalue weighted by atomic mass is 16.3. The molecule has 0 bridgehead atoms. The molecule has 2 N–H and O–H groups in total. The van der Waals surface area contributed by atoms with Crippen LogP contribution >= 0.6 is 0 Å². The number of hydrogen-bond donors (Lipinski definition) is 2. The first-order valence-corrected chi connectivity index (χ1v) is 10.00. The van der Waals surface area contributed by atoms with Crippen molar-refractivity contribution in [2.75, 3.05) is 0 Å². The standard InChI is InChI=1S/C27H20N2O3/c30-25-12-6-4-10-21(25)17-28-23-15-14-20(27(32)19-8-2-1-3-9-19)16-24(23)29-18-22-11-5-7-13-26(22)31/h1-18,30-31H. The van der Waals surface area contributed by atoms with Crippen LogP contribution in [0.2, 0.25) is 0 Å². The van der Waals surface area contributed by atoms with E-state index in [9.17, 15) is 15.0 Å². The first-order valence-electron chi connectivity index (χ1n) is 10.00. The van der Waals surface area contributed by atoms with Gasteiger partial charge in [0.2, 0.25) is 0 Å². The predicted molar refractivity (Wildman–Crippen MR) is 127 cm³/mol. The van der Waals surface area contributed by atoms with Crippen LogP contribution in [0.5, 0.6) is 11.5 Å². The minimum atomic E-state index is -0.124. The summed E-state index contributed by atoms with van der Waals surface area (Å²) in [6.07, 6.45) is 3.07. The third-order valence-corrected chi connectivity index (χ3v) is 4.83. The molecule has 0 atom stereocenters. The third-order valence-electron chi connectivity index (χ3n) is 4.83. The second-order valence-electron chi connectivity index (χ2n) is 7.03. The number of aromatic hydroxyl groups is 2. The molecule has 0 aliphatic heterocycles. The van der Waals surface area contributed by atoms with Gasteiger partial charge in [-0.3, -0.25) is 14.8 Å². The Kier molecular flexibility index (Phi) is 6.18. The van der Waals surface area contributed by atoms with Gasteiger partial charge in [0.15, 0.2) is 5.78 Å². The van der Waals surface area contributed by atoms with Gasteiger partial charge in [0.25, 0.3) is 0 Å². The molecule has 0 aromatic heterocycles. The van der Waals surface area contributed by atoms with Crippen molar-refractivity contribution in [3.63, 3.8) is 0 Å². The Morgan fingerprint density at radius 2 is 1.12 bits per heavy atom. The van der Waals surface area contributed by atoms with Crippen molar-refractivity contribution < 1.29 is 15.0 Å². The maximum absolute atomic E-state index is 12.9. The lowest BCUT2D eigenvalue weighted by Crippen LogP contribution is -2.00. The highest BCUT2D eigenvalue weighted by molar-refractivity contribution is 6.10. The first-order chi connectivity index (χ1) is 15.6. The van der Waals surface area contributed by atoms with Gasteiger partial charge < -0.3 is 10.2 Å². The summed E-state index contributed by atoms with van der Waals surface area (Å²) in [6.45, 7) is 0. The largest absolute Gasteiger partial charge is 0.507 e. The number of carbonyl (C=O) groups excluding carboxylic acids is 1. The quantitative estimate of drug-likeness (QED) is 0.304. The summed E-state index contributed by atoms with van der Waals surface area (Å²) in [7, 11) is 0. The SMILES string of the molecule is O=C(c1ccccc1)c1ccc(N=Cc2ccccc2O)c(N=Cc2ccccc2O)c1. The molecule has 5 nitrogen and oxygen atoms in total. The van der Waals surface area contributed by atoms with E-state index in [4.69, 9.17) is 0 Å². The number of hydrogen-bond acceptors (Lipinski definition) is 5. The van der Waals surface area contributed by atoms with Crippen molar-refractivity contribution in [3.8, 4) is 11.5 Å². The van der Waals surface area contributed by atoms with Gasteiger partial charge in [-0.1, -0.05) is 54.6 Å². The molecule has 0 radical (unpaired) electrons. The molecular weight excluding hydrogens is 400 g/mol. The van der Waals surface area contributed by atoms with E-state index >= 15 is 0 Å². The lowest BCUT2D eigenvalue weighted by atomic mass is 10.0. The third kappa shape index (κ3) is 4.79. The molecule has 0 saturated carbocycles. The maximum Gasteiger partial charge on any atom is 0.193 e. The highest BCUT2D eigenvalue weighted by Crippen LogP contribution is 2.31. The summed E-state index contributed by atoms with van der Waals surface area (Å²) in [5, 5.41) is 20.0. The molecule has 0 aliphatic carbocycles. The van der Waals surface area contributed by atoms with Crippen LogP contribution in [0.15, 0.2) is 107 Å². The second kappa shape index (κ2) is 9.53. The molecule has 5 heteroatoms. The van der Waals surface area contributed by atoms with E-state index in [0.717, 1.165) is 0 Å². The summed E-state index contributed by atoms with van der Waals surface area (Å²) >= 11 is 0. The summed E-state index contributed by atoms with van der Waals surface area (Å²) in [5.74, 6) is 0.0965. The number of phenolic OH excluding ortho intramolecular Hbond substituents is 2. The normalized spacial score (nSPS) is 11.2. The molecular formula is C27H20N2O3. The highest BCUT2D eigenvalue weighted by Gasteiger charge is 2.11. The summed E-state index contributed by atoms with van der Waals surface area (Å²) in [5.41, 5.74) is 3.14. The van der Waals surface area contributed by atoms with Gasteiger partial charge in [-0.15, -0.1) is 0 Å². The van der Waals surface area contributed by atoms with Crippen molar-refractivity contribution in [2.45, 2.75) is 0 Å². The van der Waals surface area contributed by atoms with Crippen LogP contribution in [-0.2, 0) is 0 Å². The fourth-order valence-electron chi connectivity index (χ4n) is 3.11. The molecule has 4 aromatic rings. The molecule has 0 saturated heterocycles. The van der Waals surface area contributed by atoms with Gasteiger partial charge in [-0.25, -0.2) is 0 Å². The van der Waals surface area contributed by atoms with Gasteiger partial charge in [-0.05, 0) is 42.5 Å². The molecule has 0 unspecified atom stereocenters. The number of rotatable bonds is 6. The molecule has 0 amide bonds. The number of nitrogens with zero attached hydrogens (tertiary/aromatic N) is 2. The summed E-state index contributed by atoms with van der Waals surface area (Å²) < 4.78 is 0. The van der Waals surface area contributed by atoms with Crippen molar-refractivity contribution in [1.82, 2.24) is 0 Å². The smallest absolute Gasteiger partial charge is 0.193 e. The van der Waals surface area contributed by atoms with Crippen molar-refractivity contribution in [2.24, 2.45) is 9.98 Å². The zero-order valence-corrected chi connectivity index (χ0v) is 17.1. The number of benzene rings is 4. The Labute approximate surface area is 185 Å². The Morgan fingerprint density at radius 1 is 0.594 bits per heavy atom. The maximum atomic E-state index is 12.9. The number of aliphatic imine (C=N–C) groups is 2. The molecule has 4 rings (SSSR count). The predicted octanol–water partition coefficient (Wildman–Crippen LogP) is 5.83. The molecule has 32 heavy (non-hydrogen) atoms. The van der Waals surface area contributed by atoms with Crippen molar-refractivity contribution in [3.05, 3.63) is 119 Å². The van der Waals surface area contributed by atoms with Gasteiger partial charge in [0, 0.05) is 34.7 Å². The zero-order valence-electron chi connectivity index (χ0n) is 17.1. The Morgan fingerprint density at radius 3 is 1.72 bits per heavy atom. The number of para-hydroxylation sites is 2. The lowest BCUT2D eigenvalue weighted by molar-refractivity contribution is 0.103. The zero-order chi connectivity index (χ0) is 22.3. The van der Waals surface area contributed by atoms with Crippen LogP contribution in [0.25, 0.3) is 0 Å². The average Bonchev–Trinajstić information content (AvgIpc) is 2.83. The van der Waals surface area contributed by atoms with Crippen LogP contribution < -0.4 is 0 Å². The molecule has 0 spiro atoms. The van der Waals surface area contributed by atoms with Gasteiger partial charge in [0.1, 0.15) is 11.5 Å². The van der Waals surface area contributed by atoms with Crippen LogP contribution in [-0.4, -0.2) is 28.4 Å². The van der Waals surface area contributed by atoms with Crippen LogP contribution in [0.3, 0.4) is 0 Å². The number of carbonyl (C=O) groups is 1. The minimum Gasteiger partial charge on any atom is -0.507 e.